The number of hydrogen-bond donors (Lipinski definition) is 3. The second-order valence-corrected chi connectivity index (χ2v) is 2.19. The zero-order chi connectivity index (χ0) is 6.85. The first-order valence-corrected chi connectivity index (χ1v) is 2.95. The summed E-state index contributed by atoms with van der Waals surface area (Å²) in [4.78, 5) is 0. The zero-order valence-electron chi connectivity index (χ0n) is 5.03. The summed E-state index contributed by atoms with van der Waals surface area (Å²) in [7, 11) is 0. The zero-order valence-corrected chi connectivity index (χ0v) is 5.03. The Morgan fingerprint density at radius 2 is 2.11 bits per heavy atom. The molecule has 1 heterocycles. The first kappa shape index (κ1) is 6.95. The topological polar surface area (TPSA) is 75.7 Å². The highest BCUT2D eigenvalue weighted by Crippen LogP contribution is 2.09. The Hall–Kier alpha value is -0.160. The molecule has 4 nitrogen and oxygen atoms in total. The van der Waals surface area contributed by atoms with Gasteiger partial charge in [-0.1, -0.05) is 0 Å². The summed E-state index contributed by atoms with van der Waals surface area (Å²) in [6.45, 7) is 0.385. The van der Waals surface area contributed by atoms with E-state index in [0.717, 1.165) is 0 Å². The van der Waals surface area contributed by atoms with E-state index in [9.17, 15) is 0 Å². The van der Waals surface area contributed by atoms with E-state index < -0.39 is 18.4 Å². The molecule has 0 spiro atoms. The van der Waals surface area contributed by atoms with Crippen LogP contribution >= 0.6 is 0 Å². The Morgan fingerprint density at radius 3 is 2.56 bits per heavy atom. The molecular formula is C5H11NO3. The van der Waals surface area contributed by atoms with Crippen LogP contribution < -0.4 is 5.73 Å². The molecule has 0 saturated carbocycles. The quantitative estimate of drug-likeness (QED) is 0.372. The predicted molar refractivity (Wildman–Crippen MR) is 30.6 cm³/mol. The van der Waals surface area contributed by atoms with Gasteiger partial charge in [0, 0.05) is 0 Å². The third-order valence-electron chi connectivity index (χ3n) is 1.48. The van der Waals surface area contributed by atoms with Crippen LogP contribution in [0.15, 0.2) is 0 Å². The van der Waals surface area contributed by atoms with E-state index in [1.807, 2.05) is 0 Å². The number of nitrogens with two attached hydrogens (primary N) is 1. The van der Waals surface area contributed by atoms with Gasteiger partial charge in [-0.2, -0.15) is 0 Å². The first-order valence-electron chi connectivity index (χ1n) is 2.95. The molecule has 9 heavy (non-hydrogen) atoms. The summed E-state index contributed by atoms with van der Waals surface area (Å²) < 4.78 is 4.73. The molecule has 1 aliphatic rings. The summed E-state index contributed by atoms with van der Waals surface area (Å²) in [6, 6.07) is -0.640. The molecule has 3 atom stereocenters. The lowest BCUT2D eigenvalue weighted by molar-refractivity contribution is -0.165. The van der Waals surface area contributed by atoms with Crippen LogP contribution in [0.5, 0.6) is 0 Å². The molecule has 1 fully saturated rings. The molecular weight excluding hydrogens is 122 g/mol. The second kappa shape index (κ2) is 2.62. The maximum absolute atomic E-state index is 8.98. The van der Waals surface area contributed by atoms with Crippen LogP contribution in [0.25, 0.3) is 0 Å². The van der Waals surface area contributed by atoms with Crippen molar-refractivity contribution >= 4 is 0 Å². The van der Waals surface area contributed by atoms with Crippen molar-refractivity contribution in [2.75, 3.05) is 6.61 Å². The van der Waals surface area contributed by atoms with Crippen molar-refractivity contribution in [3.63, 3.8) is 0 Å². The largest absolute Gasteiger partial charge is 0.391 e. The Kier molecular flexibility index (Phi) is 2.02. The maximum atomic E-state index is 8.98. The van der Waals surface area contributed by atoms with Crippen molar-refractivity contribution in [1.82, 2.24) is 0 Å². The van der Waals surface area contributed by atoms with E-state index in [0.29, 0.717) is 13.0 Å². The van der Waals surface area contributed by atoms with Gasteiger partial charge in [0.1, 0.15) is 0 Å². The minimum Gasteiger partial charge on any atom is -0.391 e. The minimum atomic E-state index is -0.992. The van der Waals surface area contributed by atoms with Gasteiger partial charge in [0.05, 0.1) is 18.8 Å². The fourth-order valence-electron chi connectivity index (χ4n) is 0.803. The van der Waals surface area contributed by atoms with E-state index in [1.54, 1.807) is 0 Å². The highest BCUT2D eigenvalue weighted by molar-refractivity contribution is 4.77. The Balaban J connectivity index is 2.41. The predicted octanol–water partition coefficient (Wildman–Crippen LogP) is -1.59. The number of hydrogen-bond acceptors (Lipinski definition) is 4. The highest BCUT2D eigenvalue weighted by Gasteiger charge is 2.27. The average Bonchev–Trinajstić information content (AvgIpc) is 1.83. The lowest BCUT2D eigenvalue weighted by Crippen LogP contribution is -2.50. The molecule has 1 saturated heterocycles. The van der Waals surface area contributed by atoms with Gasteiger partial charge in [-0.25, -0.2) is 0 Å². The van der Waals surface area contributed by atoms with Crippen LogP contribution in [-0.2, 0) is 4.74 Å². The Bertz CT molecular complexity index is 88.2. The van der Waals surface area contributed by atoms with E-state index in [4.69, 9.17) is 20.7 Å². The van der Waals surface area contributed by atoms with Crippen LogP contribution in [0.3, 0.4) is 0 Å². The third kappa shape index (κ3) is 1.40. The summed E-state index contributed by atoms with van der Waals surface area (Å²) in [5.74, 6) is 0. The lowest BCUT2D eigenvalue weighted by atomic mass is 10.1. The lowest BCUT2D eigenvalue weighted by Gasteiger charge is -2.28. The molecule has 0 aromatic carbocycles. The van der Waals surface area contributed by atoms with Gasteiger partial charge in [0.25, 0.3) is 0 Å². The van der Waals surface area contributed by atoms with Gasteiger partial charge < -0.3 is 20.7 Å². The van der Waals surface area contributed by atoms with Crippen LogP contribution in [-0.4, -0.2) is 35.3 Å². The maximum Gasteiger partial charge on any atom is 0.172 e. The van der Waals surface area contributed by atoms with Gasteiger partial charge in [-0.15, -0.1) is 0 Å². The van der Waals surface area contributed by atoms with Gasteiger partial charge in [-0.3, -0.25) is 0 Å². The fourth-order valence-corrected chi connectivity index (χ4v) is 0.803. The fraction of sp³-hybridized carbons (Fsp3) is 1.00. The molecule has 0 aliphatic carbocycles. The van der Waals surface area contributed by atoms with Gasteiger partial charge in [0.15, 0.2) is 6.29 Å². The van der Waals surface area contributed by atoms with Crippen molar-refractivity contribution < 1.29 is 14.9 Å². The third-order valence-corrected chi connectivity index (χ3v) is 1.48. The number of aliphatic hydroxyl groups excluding tert-OH is 2. The van der Waals surface area contributed by atoms with Crippen LogP contribution in [0.2, 0.25) is 0 Å². The van der Waals surface area contributed by atoms with Crippen molar-refractivity contribution in [1.29, 1.82) is 0 Å². The van der Waals surface area contributed by atoms with Crippen molar-refractivity contribution in [3.05, 3.63) is 0 Å². The van der Waals surface area contributed by atoms with Crippen LogP contribution in [0.1, 0.15) is 6.42 Å². The SMILES string of the molecule is N[C@H]1[C@H](O)OCC[C@@H]1O. The van der Waals surface area contributed by atoms with Gasteiger partial charge >= 0.3 is 0 Å². The summed E-state index contributed by atoms with van der Waals surface area (Å²) in [6.07, 6.45) is -1.10. The first-order chi connectivity index (χ1) is 4.22. The van der Waals surface area contributed by atoms with Crippen LogP contribution in [0.4, 0.5) is 0 Å². The number of rotatable bonds is 0. The van der Waals surface area contributed by atoms with Gasteiger partial charge in [0.2, 0.25) is 0 Å². The van der Waals surface area contributed by atoms with Crippen molar-refractivity contribution in [3.8, 4) is 0 Å². The molecule has 54 valence electrons. The normalized spacial score (nSPS) is 45.0. The van der Waals surface area contributed by atoms with E-state index in [-0.39, 0.29) is 0 Å². The van der Waals surface area contributed by atoms with Crippen molar-refractivity contribution in [2.45, 2.75) is 24.9 Å². The monoisotopic (exact) mass is 133 g/mol. The molecule has 1 rings (SSSR count). The van der Waals surface area contributed by atoms with Crippen molar-refractivity contribution in [2.24, 2.45) is 5.73 Å². The minimum absolute atomic E-state index is 0.385. The Morgan fingerprint density at radius 1 is 1.44 bits per heavy atom. The molecule has 4 heteroatoms. The molecule has 4 N–H and O–H groups in total. The second-order valence-electron chi connectivity index (χ2n) is 2.19. The summed E-state index contributed by atoms with van der Waals surface area (Å²) in [5.41, 5.74) is 5.30. The molecule has 0 aromatic rings. The standard InChI is InChI=1S/C5H11NO3/c6-4-3(7)1-2-9-5(4)8/h3-5,7-8H,1-2,6H2/t3-,4+,5+/m0/s1. The molecule has 1 aliphatic heterocycles. The Labute approximate surface area is 53.2 Å². The molecule has 0 bridgehead atoms. The van der Waals surface area contributed by atoms with Gasteiger partial charge in [-0.05, 0) is 6.42 Å². The highest BCUT2D eigenvalue weighted by atomic mass is 16.6. The average molecular weight is 133 g/mol. The molecule has 0 amide bonds. The summed E-state index contributed by atoms with van der Waals surface area (Å²) >= 11 is 0. The number of ether oxygens (including phenoxy) is 1. The van der Waals surface area contributed by atoms with E-state index >= 15 is 0 Å². The molecule has 0 unspecified atom stereocenters. The van der Waals surface area contributed by atoms with Crippen LogP contribution in [0, 0.1) is 0 Å². The van der Waals surface area contributed by atoms with E-state index in [1.165, 1.54) is 0 Å². The number of aliphatic hydroxyl groups is 2. The summed E-state index contributed by atoms with van der Waals surface area (Å²) in [5, 5.41) is 17.8. The molecule has 0 radical (unpaired) electrons. The molecule has 0 aromatic heterocycles. The van der Waals surface area contributed by atoms with E-state index in [2.05, 4.69) is 0 Å². The smallest absolute Gasteiger partial charge is 0.172 e.